The average Bonchev–Trinajstić information content (AvgIpc) is 2.59. The summed E-state index contributed by atoms with van der Waals surface area (Å²) < 4.78 is 2.84. The van der Waals surface area contributed by atoms with Crippen molar-refractivity contribution in [1.29, 1.82) is 0 Å². The zero-order valence-corrected chi connectivity index (χ0v) is 11.5. The van der Waals surface area contributed by atoms with Crippen LogP contribution in [0, 0.1) is 4.77 Å². The number of hydrogen-bond acceptors (Lipinski definition) is 3. The van der Waals surface area contributed by atoms with Crippen molar-refractivity contribution in [2.24, 2.45) is 0 Å². The summed E-state index contributed by atoms with van der Waals surface area (Å²) in [6.45, 7) is 8.56. The zero-order valence-electron chi connectivity index (χ0n) is 10.7. The predicted octanol–water partition coefficient (Wildman–Crippen LogP) is 2.23. The van der Waals surface area contributed by atoms with Gasteiger partial charge in [-0.05, 0) is 46.1 Å². The first-order valence-electron chi connectivity index (χ1n) is 5.90. The third kappa shape index (κ3) is 3.42. The van der Waals surface area contributed by atoms with Gasteiger partial charge in [-0.1, -0.05) is 6.92 Å². The molecule has 0 aliphatic rings. The van der Waals surface area contributed by atoms with Crippen molar-refractivity contribution < 1.29 is 0 Å². The maximum absolute atomic E-state index is 5.20. The molecule has 0 bridgehead atoms. The lowest BCUT2D eigenvalue weighted by Gasteiger charge is -2.20. The third-order valence-electron chi connectivity index (χ3n) is 2.93. The van der Waals surface area contributed by atoms with E-state index < -0.39 is 0 Å². The van der Waals surface area contributed by atoms with Gasteiger partial charge in [0.2, 0.25) is 0 Å². The first kappa shape index (κ1) is 13.4. The van der Waals surface area contributed by atoms with E-state index in [1.165, 1.54) is 0 Å². The summed E-state index contributed by atoms with van der Waals surface area (Å²) in [7, 11) is 2.15. The fourth-order valence-electron chi connectivity index (χ4n) is 1.59. The molecule has 4 nitrogen and oxygen atoms in total. The smallest absolute Gasteiger partial charge is 0.195 e. The van der Waals surface area contributed by atoms with Crippen LogP contribution in [0.5, 0.6) is 0 Å². The van der Waals surface area contributed by atoms with Crippen molar-refractivity contribution in [3.05, 3.63) is 10.6 Å². The number of H-pyrrole nitrogens is 1. The fraction of sp³-hybridized carbons (Fsp3) is 0.818. The molecule has 0 unspecified atom stereocenters. The van der Waals surface area contributed by atoms with E-state index in [2.05, 4.69) is 47.5 Å². The number of rotatable bonds is 6. The van der Waals surface area contributed by atoms with Gasteiger partial charge in [-0.2, -0.15) is 5.10 Å². The lowest BCUT2D eigenvalue weighted by Crippen LogP contribution is -2.28. The second-order valence-electron chi connectivity index (χ2n) is 4.38. The van der Waals surface area contributed by atoms with Crippen molar-refractivity contribution >= 4 is 12.2 Å². The van der Waals surface area contributed by atoms with E-state index in [1.807, 2.05) is 0 Å². The molecule has 0 aliphatic carbocycles. The number of nitrogens with zero attached hydrogens (tertiary/aromatic N) is 3. The van der Waals surface area contributed by atoms with Gasteiger partial charge in [0.1, 0.15) is 5.82 Å². The minimum atomic E-state index is 0.600. The highest BCUT2D eigenvalue weighted by Gasteiger charge is 2.05. The fourth-order valence-corrected chi connectivity index (χ4v) is 1.83. The Labute approximate surface area is 103 Å². The number of hydrogen-bond donors (Lipinski definition) is 1. The lowest BCUT2D eigenvalue weighted by atomic mass is 10.3. The number of aryl methyl sites for hydroxylation is 1. The molecule has 0 saturated carbocycles. The van der Waals surface area contributed by atoms with Crippen LogP contribution < -0.4 is 0 Å². The van der Waals surface area contributed by atoms with Gasteiger partial charge in [0.05, 0.1) is 0 Å². The third-order valence-corrected chi connectivity index (χ3v) is 3.24. The molecular formula is C11H22N4S. The van der Waals surface area contributed by atoms with Gasteiger partial charge in [0.25, 0.3) is 0 Å². The van der Waals surface area contributed by atoms with E-state index in [0.29, 0.717) is 6.04 Å². The normalized spacial score (nSPS) is 11.6. The molecule has 0 aliphatic heterocycles. The van der Waals surface area contributed by atoms with Crippen LogP contribution in [0.15, 0.2) is 0 Å². The molecule has 0 radical (unpaired) electrons. The van der Waals surface area contributed by atoms with Gasteiger partial charge in [0, 0.05) is 19.0 Å². The van der Waals surface area contributed by atoms with Crippen molar-refractivity contribution in [1.82, 2.24) is 19.7 Å². The Bertz CT molecular complexity index is 366. The number of aromatic nitrogens is 3. The van der Waals surface area contributed by atoms with E-state index in [4.69, 9.17) is 12.2 Å². The quantitative estimate of drug-likeness (QED) is 0.777. The summed E-state index contributed by atoms with van der Waals surface area (Å²) >= 11 is 5.20. The number of aromatic amines is 1. The summed E-state index contributed by atoms with van der Waals surface area (Å²) in [6, 6.07) is 0.600. The molecule has 5 heteroatoms. The molecule has 0 amide bonds. The second-order valence-corrected chi connectivity index (χ2v) is 4.76. The molecule has 1 aromatic heterocycles. The van der Waals surface area contributed by atoms with Crippen LogP contribution in [-0.4, -0.2) is 39.3 Å². The average molecular weight is 242 g/mol. The van der Waals surface area contributed by atoms with Crippen molar-refractivity contribution in [2.75, 3.05) is 13.6 Å². The van der Waals surface area contributed by atoms with Crippen molar-refractivity contribution in [3.63, 3.8) is 0 Å². The highest BCUT2D eigenvalue weighted by Crippen LogP contribution is 2.02. The standard InChI is InChI=1S/C11H22N4S/c1-5-10-12-13-11(16)15(10)8-6-7-14(4)9(2)3/h9H,5-8H2,1-4H3,(H,13,16). The SMILES string of the molecule is CCc1n[nH]c(=S)n1CCCN(C)C(C)C. The summed E-state index contributed by atoms with van der Waals surface area (Å²) in [4.78, 5) is 2.34. The topological polar surface area (TPSA) is 36.9 Å². The Morgan fingerprint density at radius 2 is 2.19 bits per heavy atom. The van der Waals surface area contributed by atoms with E-state index in [9.17, 15) is 0 Å². The molecule has 0 spiro atoms. The van der Waals surface area contributed by atoms with Gasteiger partial charge >= 0.3 is 0 Å². The molecule has 1 rings (SSSR count). The molecule has 0 aromatic carbocycles. The summed E-state index contributed by atoms with van der Waals surface area (Å²) in [5.74, 6) is 1.05. The lowest BCUT2D eigenvalue weighted by molar-refractivity contribution is 0.265. The molecular weight excluding hydrogens is 220 g/mol. The van der Waals surface area contributed by atoms with Gasteiger partial charge in [-0.15, -0.1) is 0 Å². The van der Waals surface area contributed by atoms with Crippen LogP contribution >= 0.6 is 12.2 Å². The molecule has 1 aromatic rings. The largest absolute Gasteiger partial charge is 0.304 e. The summed E-state index contributed by atoms with van der Waals surface area (Å²) in [5.41, 5.74) is 0. The first-order chi connectivity index (χ1) is 7.56. The monoisotopic (exact) mass is 242 g/mol. The van der Waals surface area contributed by atoms with E-state index in [0.717, 1.165) is 36.5 Å². The van der Waals surface area contributed by atoms with Gasteiger partial charge in [-0.25, -0.2) is 0 Å². The van der Waals surface area contributed by atoms with Gasteiger partial charge < -0.3 is 9.47 Å². The van der Waals surface area contributed by atoms with Crippen LogP contribution in [0.2, 0.25) is 0 Å². The molecule has 0 atom stereocenters. The molecule has 1 heterocycles. The Hall–Kier alpha value is -0.680. The van der Waals surface area contributed by atoms with Gasteiger partial charge in [-0.3, -0.25) is 5.10 Å². The zero-order chi connectivity index (χ0) is 12.1. The molecule has 16 heavy (non-hydrogen) atoms. The maximum Gasteiger partial charge on any atom is 0.195 e. The van der Waals surface area contributed by atoms with Crippen LogP contribution in [0.25, 0.3) is 0 Å². The van der Waals surface area contributed by atoms with Crippen LogP contribution in [0.3, 0.4) is 0 Å². The maximum atomic E-state index is 5.20. The number of nitrogens with one attached hydrogen (secondary N) is 1. The Morgan fingerprint density at radius 1 is 1.50 bits per heavy atom. The van der Waals surface area contributed by atoms with Crippen LogP contribution in [0.4, 0.5) is 0 Å². The highest BCUT2D eigenvalue weighted by molar-refractivity contribution is 7.71. The summed E-state index contributed by atoms with van der Waals surface area (Å²) in [6.07, 6.45) is 2.03. The van der Waals surface area contributed by atoms with Crippen LogP contribution in [0.1, 0.15) is 33.0 Å². The predicted molar refractivity (Wildman–Crippen MR) is 69.2 cm³/mol. The molecule has 0 fully saturated rings. The van der Waals surface area contributed by atoms with Crippen molar-refractivity contribution in [3.8, 4) is 0 Å². The van der Waals surface area contributed by atoms with Crippen molar-refractivity contribution in [2.45, 2.75) is 46.2 Å². The molecule has 1 N–H and O–H groups in total. The molecule has 0 saturated heterocycles. The Balaban J connectivity index is 2.48. The van der Waals surface area contributed by atoms with Gasteiger partial charge in [0.15, 0.2) is 4.77 Å². The van der Waals surface area contributed by atoms with Crippen LogP contribution in [-0.2, 0) is 13.0 Å². The van der Waals surface area contributed by atoms with E-state index in [1.54, 1.807) is 0 Å². The van der Waals surface area contributed by atoms with E-state index in [-0.39, 0.29) is 0 Å². The summed E-state index contributed by atoms with van der Waals surface area (Å²) in [5, 5.41) is 7.05. The first-order valence-corrected chi connectivity index (χ1v) is 6.31. The molecule has 92 valence electrons. The van der Waals surface area contributed by atoms with E-state index >= 15 is 0 Å². The second kappa shape index (κ2) is 6.15. The minimum Gasteiger partial charge on any atom is -0.304 e. The Morgan fingerprint density at radius 3 is 2.75 bits per heavy atom. The highest BCUT2D eigenvalue weighted by atomic mass is 32.1. The Kier molecular flexibility index (Phi) is 5.15. The minimum absolute atomic E-state index is 0.600.